The average Bonchev–Trinajstić information content (AvgIpc) is 2.90. The molecule has 41 heavy (non-hydrogen) atoms. The first-order valence-electron chi connectivity index (χ1n) is 13.4. The molecule has 0 radical (unpaired) electrons. The highest BCUT2D eigenvalue weighted by Gasteiger charge is 2.54. The normalized spacial score (nSPS) is 12.3. The Morgan fingerprint density at radius 2 is 1.02 bits per heavy atom. The summed E-state index contributed by atoms with van der Waals surface area (Å²) in [5.74, 6) is -10.8. The number of hydrogen-bond acceptors (Lipinski definition) is 8. The quantitative estimate of drug-likeness (QED) is 0.0428. The van der Waals surface area contributed by atoms with E-state index < -0.39 is 48.8 Å². The second kappa shape index (κ2) is 23.3. The summed E-state index contributed by atoms with van der Waals surface area (Å²) in [6, 6.07) is 0. The second-order valence-corrected chi connectivity index (χ2v) is 8.72. The minimum absolute atomic E-state index is 0.0643. The third-order valence-corrected chi connectivity index (χ3v) is 5.35. The summed E-state index contributed by atoms with van der Waals surface area (Å²) in [5.41, 5.74) is 0. The van der Waals surface area contributed by atoms with Gasteiger partial charge in [0.05, 0.1) is 52.7 Å². The van der Waals surface area contributed by atoms with E-state index in [1.807, 2.05) is 6.08 Å². The van der Waals surface area contributed by atoms with Crippen LogP contribution in [-0.4, -0.2) is 89.4 Å². The van der Waals surface area contributed by atoms with Gasteiger partial charge in [-0.25, -0.2) is 0 Å². The highest BCUT2D eigenvalue weighted by atomic mass is 19.4. The molecule has 0 unspecified atom stereocenters. The van der Waals surface area contributed by atoms with Gasteiger partial charge in [0, 0.05) is 6.61 Å². The van der Waals surface area contributed by atoms with Gasteiger partial charge >= 0.3 is 18.3 Å². The molecule has 238 valence electrons. The molecule has 0 saturated carbocycles. The Kier molecular flexibility index (Phi) is 22.0. The highest BCUT2D eigenvalue weighted by Crippen LogP contribution is 2.29. The lowest BCUT2D eigenvalue weighted by atomic mass is 9.94. The Morgan fingerprint density at radius 1 is 0.610 bits per heavy atom. The molecule has 0 aliphatic rings. The predicted octanol–water partition coefficient (Wildman–Crippen LogP) is 5.34. The molecule has 0 aromatic rings. The molecule has 0 heterocycles. The average molecular weight is 607 g/mol. The maximum Gasteiger partial charge on any atom is 0.450 e. The van der Waals surface area contributed by atoms with Gasteiger partial charge in [-0.15, -0.1) is 0 Å². The first-order chi connectivity index (χ1) is 19.4. The Bertz CT molecular complexity index is 742. The second-order valence-electron chi connectivity index (χ2n) is 8.72. The molecule has 0 aromatic heterocycles. The predicted molar refractivity (Wildman–Crippen MR) is 136 cm³/mol. The number of halogens is 6. The molecular formula is C27H40F6O8. The number of esters is 1. The molecule has 14 heteroatoms. The summed E-state index contributed by atoms with van der Waals surface area (Å²) >= 11 is 0. The maximum absolute atomic E-state index is 12.5. The van der Waals surface area contributed by atoms with Crippen LogP contribution in [0.5, 0.6) is 0 Å². The topological polar surface area (TPSA) is 97.4 Å². The number of allylic oxidation sites excluding steroid dienone is 3. The summed E-state index contributed by atoms with van der Waals surface area (Å²) in [4.78, 5) is 33.9. The third-order valence-electron chi connectivity index (χ3n) is 5.35. The van der Waals surface area contributed by atoms with E-state index in [9.17, 15) is 40.7 Å². The van der Waals surface area contributed by atoms with Gasteiger partial charge in [0.1, 0.15) is 12.5 Å². The van der Waals surface area contributed by atoms with Gasteiger partial charge in [-0.2, -0.15) is 26.3 Å². The summed E-state index contributed by atoms with van der Waals surface area (Å²) in [6.45, 7) is 5.31. The molecule has 0 aliphatic carbocycles. The Labute approximate surface area is 236 Å². The van der Waals surface area contributed by atoms with E-state index in [0.717, 1.165) is 19.3 Å². The van der Waals surface area contributed by atoms with Crippen molar-refractivity contribution in [2.45, 2.75) is 63.7 Å². The standard InChI is InChI=1S/C27H40F6O8/c1-2-3-4-5-6-7-8-9-10-11-12-37-13-14-38-15-16-39-17-18-40-19-20-41-23(34)21-22(24(35)26(28,29)30)25(36)27(31,32)33/h2-4,22H,1,5-21H2/b4-3+. The van der Waals surface area contributed by atoms with Gasteiger partial charge in [0.2, 0.25) is 11.6 Å². The number of ether oxygens (including phenoxy) is 5. The van der Waals surface area contributed by atoms with Gasteiger partial charge in [0.15, 0.2) is 0 Å². The van der Waals surface area contributed by atoms with Gasteiger partial charge in [-0.1, -0.05) is 50.5 Å². The van der Waals surface area contributed by atoms with Crippen LogP contribution in [-0.2, 0) is 38.1 Å². The van der Waals surface area contributed by atoms with E-state index >= 15 is 0 Å². The van der Waals surface area contributed by atoms with Crippen LogP contribution in [0.25, 0.3) is 0 Å². The zero-order valence-electron chi connectivity index (χ0n) is 23.1. The van der Waals surface area contributed by atoms with Crippen molar-refractivity contribution in [3.8, 4) is 0 Å². The van der Waals surface area contributed by atoms with Crippen molar-refractivity contribution in [2.75, 3.05) is 59.5 Å². The van der Waals surface area contributed by atoms with Crippen LogP contribution >= 0.6 is 0 Å². The van der Waals surface area contributed by atoms with Crippen molar-refractivity contribution < 1.29 is 64.4 Å². The zero-order valence-corrected chi connectivity index (χ0v) is 23.1. The molecule has 0 fully saturated rings. The van der Waals surface area contributed by atoms with Crippen LogP contribution in [0.2, 0.25) is 0 Å². The smallest absolute Gasteiger partial charge is 0.450 e. The molecule has 0 spiro atoms. The number of rotatable bonds is 26. The molecule has 0 saturated heterocycles. The van der Waals surface area contributed by atoms with E-state index in [0.29, 0.717) is 26.4 Å². The van der Waals surface area contributed by atoms with Crippen LogP contribution in [0.3, 0.4) is 0 Å². The van der Waals surface area contributed by atoms with Gasteiger partial charge < -0.3 is 23.7 Å². The molecular weight excluding hydrogens is 566 g/mol. The van der Waals surface area contributed by atoms with Crippen molar-refractivity contribution in [2.24, 2.45) is 5.92 Å². The van der Waals surface area contributed by atoms with Gasteiger partial charge in [-0.3, -0.25) is 14.4 Å². The molecule has 0 rings (SSSR count). The van der Waals surface area contributed by atoms with Crippen LogP contribution < -0.4 is 0 Å². The lowest BCUT2D eigenvalue weighted by molar-refractivity contribution is -0.191. The number of alkyl halides is 6. The van der Waals surface area contributed by atoms with Crippen LogP contribution in [0, 0.1) is 5.92 Å². The summed E-state index contributed by atoms with van der Waals surface area (Å²) < 4.78 is 101. The molecule has 0 aromatic carbocycles. The molecule has 0 aliphatic heterocycles. The van der Waals surface area contributed by atoms with Crippen molar-refractivity contribution >= 4 is 17.5 Å². The third kappa shape index (κ3) is 22.0. The highest BCUT2D eigenvalue weighted by molar-refractivity contribution is 6.08. The van der Waals surface area contributed by atoms with Crippen molar-refractivity contribution in [1.82, 2.24) is 0 Å². The maximum atomic E-state index is 12.5. The SMILES string of the molecule is C=C/C=C/CCCCCCCCOCCOCCOCCOCCOC(=O)CC(C(=O)C(F)(F)F)C(=O)C(F)(F)F. The molecule has 0 bridgehead atoms. The summed E-state index contributed by atoms with van der Waals surface area (Å²) in [6.07, 6.45) is 0.791. The van der Waals surface area contributed by atoms with Crippen molar-refractivity contribution in [3.05, 3.63) is 24.8 Å². The first kappa shape index (κ1) is 38.7. The molecule has 8 nitrogen and oxygen atoms in total. The number of Topliss-reactive ketones (excluding diaryl/α,β-unsaturated/α-hetero) is 2. The summed E-state index contributed by atoms with van der Waals surface area (Å²) in [5, 5.41) is 0. The molecule has 0 amide bonds. The monoisotopic (exact) mass is 606 g/mol. The van der Waals surface area contributed by atoms with Crippen LogP contribution in [0.1, 0.15) is 51.4 Å². The largest absolute Gasteiger partial charge is 0.463 e. The molecule has 0 atom stereocenters. The van der Waals surface area contributed by atoms with Gasteiger partial charge in [0.25, 0.3) is 0 Å². The first-order valence-corrected chi connectivity index (χ1v) is 13.4. The lowest BCUT2D eigenvalue weighted by Crippen LogP contribution is -2.42. The number of carbonyl (C=O) groups excluding carboxylic acids is 3. The Morgan fingerprint density at radius 3 is 1.49 bits per heavy atom. The number of unbranched alkanes of at least 4 members (excludes halogenated alkanes) is 6. The number of carbonyl (C=O) groups is 3. The summed E-state index contributed by atoms with van der Waals surface area (Å²) in [7, 11) is 0. The fourth-order valence-corrected chi connectivity index (χ4v) is 3.27. The van der Waals surface area contributed by atoms with E-state index in [1.54, 1.807) is 6.08 Å². The minimum atomic E-state index is -5.73. The van der Waals surface area contributed by atoms with E-state index in [-0.39, 0.29) is 26.4 Å². The Hall–Kier alpha value is -2.29. The fraction of sp³-hybridized carbons (Fsp3) is 0.741. The number of hydrogen-bond donors (Lipinski definition) is 0. The van der Waals surface area contributed by atoms with E-state index in [4.69, 9.17) is 18.9 Å². The number of ketones is 2. The fourth-order valence-electron chi connectivity index (χ4n) is 3.27. The van der Waals surface area contributed by atoms with Crippen molar-refractivity contribution in [3.63, 3.8) is 0 Å². The van der Waals surface area contributed by atoms with E-state index in [1.165, 1.54) is 25.7 Å². The van der Waals surface area contributed by atoms with E-state index in [2.05, 4.69) is 17.4 Å². The van der Waals surface area contributed by atoms with Crippen LogP contribution in [0.4, 0.5) is 26.3 Å². The molecule has 0 N–H and O–H groups in total. The van der Waals surface area contributed by atoms with Gasteiger partial charge in [-0.05, 0) is 19.3 Å². The minimum Gasteiger partial charge on any atom is -0.463 e. The van der Waals surface area contributed by atoms with Crippen molar-refractivity contribution in [1.29, 1.82) is 0 Å². The zero-order chi connectivity index (χ0) is 31.0. The Balaban J connectivity index is 3.65. The van der Waals surface area contributed by atoms with Crippen LogP contribution in [0.15, 0.2) is 24.8 Å². The lowest BCUT2D eigenvalue weighted by Gasteiger charge is -2.17.